The zero-order valence-corrected chi connectivity index (χ0v) is 12.6. The Morgan fingerprint density at radius 1 is 0.941 bits per heavy atom. The lowest BCUT2D eigenvalue weighted by molar-refractivity contribution is -0.00501. The molecule has 0 saturated heterocycles. The highest BCUT2D eigenvalue weighted by molar-refractivity contribution is 4.65. The molecule has 17 heavy (non-hydrogen) atoms. The van der Waals surface area contributed by atoms with Crippen molar-refractivity contribution in [1.29, 1.82) is 0 Å². The average Bonchev–Trinajstić information content (AvgIpc) is 2.24. The van der Waals surface area contributed by atoms with Crippen LogP contribution < -0.4 is 5.32 Å². The largest absolute Gasteiger partial charge is 0.376 e. The van der Waals surface area contributed by atoms with Crippen LogP contribution in [-0.2, 0) is 4.74 Å². The van der Waals surface area contributed by atoms with E-state index in [9.17, 15) is 0 Å². The first-order valence-electron chi connectivity index (χ1n) is 7.48. The van der Waals surface area contributed by atoms with Gasteiger partial charge in [-0.25, -0.2) is 0 Å². The summed E-state index contributed by atoms with van der Waals surface area (Å²) in [5.41, 5.74) is 0. The van der Waals surface area contributed by atoms with Crippen LogP contribution in [-0.4, -0.2) is 24.8 Å². The number of hydrogen-bond acceptors (Lipinski definition) is 2. The van der Waals surface area contributed by atoms with Crippen molar-refractivity contribution < 1.29 is 4.74 Å². The number of ether oxygens (including phenoxy) is 1. The van der Waals surface area contributed by atoms with Crippen molar-refractivity contribution in [2.45, 2.75) is 91.4 Å². The molecular weight excluding hydrogens is 210 g/mol. The molecule has 3 atom stereocenters. The lowest BCUT2D eigenvalue weighted by Crippen LogP contribution is -2.31. The predicted octanol–water partition coefficient (Wildman–Crippen LogP) is 4.14. The first-order chi connectivity index (χ1) is 8.10. The Bertz CT molecular complexity index is 161. The van der Waals surface area contributed by atoms with Crippen molar-refractivity contribution in [2.75, 3.05) is 6.54 Å². The quantitative estimate of drug-likeness (QED) is 0.551. The van der Waals surface area contributed by atoms with Crippen LogP contribution in [0.15, 0.2) is 0 Å². The topological polar surface area (TPSA) is 21.3 Å². The number of nitrogens with one attached hydrogen (secondary N) is 1. The fourth-order valence-corrected chi connectivity index (χ4v) is 2.31. The summed E-state index contributed by atoms with van der Waals surface area (Å²) in [7, 11) is 0. The Hall–Kier alpha value is -0.0800. The zero-order chi connectivity index (χ0) is 13.1. The van der Waals surface area contributed by atoms with E-state index in [0.717, 1.165) is 13.0 Å². The molecule has 1 N–H and O–H groups in total. The minimum Gasteiger partial charge on any atom is -0.376 e. The maximum atomic E-state index is 6.01. The normalized spacial score (nSPS) is 16.8. The van der Waals surface area contributed by atoms with Crippen LogP contribution >= 0.6 is 0 Å². The van der Waals surface area contributed by atoms with E-state index in [1.807, 2.05) is 0 Å². The van der Waals surface area contributed by atoms with Gasteiger partial charge < -0.3 is 10.1 Å². The highest BCUT2D eigenvalue weighted by Gasteiger charge is 2.11. The van der Waals surface area contributed by atoms with E-state index in [1.165, 1.54) is 32.1 Å². The van der Waals surface area contributed by atoms with Gasteiger partial charge in [0, 0.05) is 6.04 Å². The maximum absolute atomic E-state index is 6.01. The summed E-state index contributed by atoms with van der Waals surface area (Å²) < 4.78 is 6.01. The molecule has 0 amide bonds. The van der Waals surface area contributed by atoms with Gasteiger partial charge in [-0.05, 0) is 40.2 Å². The molecule has 0 heterocycles. The first kappa shape index (κ1) is 16.9. The maximum Gasteiger partial charge on any atom is 0.0565 e. The molecule has 0 saturated carbocycles. The Labute approximate surface area is 109 Å². The van der Waals surface area contributed by atoms with Gasteiger partial charge in [0.25, 0.3) is 0 Å². The third-order valence-corrected chi connectivity index (χ3v) is 3.17. The number of hydrogen-bond donors (Lipinski definition) is 1. The second kappa shape index (κ2) is 11.0. The molecule has 3 unspecified atom stereocenters. The SMILES string of the molecule is CCCCCCC(C)OC(C)CC(C)NCC. The standard InChI is InChI=1S/C15H33NO/c1-6-8-9-10-11-14(4)17-15(5)12-13(3)16-7-2/h13-16H,6-12H2,1-5H3. The van der Waals surface area contributed by atoms with E-state index in [2.05, 4.69) is 39.9 Å². The summed E-state index contributed by atoms with van der Waals surface area (Å²) in [4.78, 5) is 0. The highest BCUT2D eigenvalue weighted by Crippen LogP contribution is 2.12. The molecular formula is C15H33NO. The number of rotatable bonds is 11. The molecule has 0 spiro atoms. The van der Waals surface area contributed by atoms with Crippen molar-refractivity contribution in [2.24, 2.45) is 0 Å². The highest BCUT2D eigenvalue weighted by atomic mass is 16.5. The minimum absolute atomic E-state index is 0.366. The summed E-state index contributed by atoms with van der Waals surface area (Å²) in [6, 6.07) is 0.558. The molecule has 0 aliphatic carbocycles. The lowest BCUT2D eigenvalue weighted by atomic mass is 10.1. The van der Waals surface area contributed by atoms with Gasteiger partial charge in [-0.1, -0.05) is 39.5 Å². The summed E-state index contributed by atoms with van der Waals surface area (Å²) in [6.07, 6.45) is 8.43. The van der Waals surface area contributed by atoms with Crippen molar-refractivity contribution >= 4 is 0 Å². The van der Waals surface area contributed by atoms with Crippen LogP contribution in [0.5, 0.6) is 0 Å². The Morgan fingerprint density at radius 2 is 1.65 bits per heavy atom. The molecule has 2 heteroatoms. The molecule has 2 nitrogen and oxygen atoms in total. The van der Waals surface area contributed by atoms with Gasteiger partial charge in [-0.3, -0.25) is 0 Å². The minimum atomic E-state index is 0.366. The summed E-state index contributed by atoms with van der Waals surface area (Å²) in [6.45, 7) is 12.1. The van der Waals surface area contributed by atoms with Gasteiger partial charge >= 0.3 is 0 Å². The van der Waals surface area contributed by atoms with Crippen molar-refractivity contribution in [3.05, 3.63) is 0 Å². The second-order valence-corrected chi connectivity index (χ2v) is 5.30. The van der Waals surface area contributed by atoms with Crippen LogP contribution in [0.25, 0.3) is 0 Å². The summed E-state index contributed by atoms with van der Waals surface area (Å²) in [5, 5.41) is 3.43. The van der Waals surface area contributed by atoms with Crippen LogP contribution in [0.2, 0.25) is 0 Å². The van der Waals surface area contributed by atoms with Crippen LogP contribution in [0.4, 0.5) is 0 Å². The van der Waals surface area contributed by atoms with E-state index in [1.54, 1.807) is 0 Å². The van der Waals surface area contributed by atoms with E-state index in [0.29, 0.717) is 18.2 Å². The Morgan fingerprint density at radius 3 is 2.24 bits per heavy atom. The fraction of sp³-hybridized carbons (Fsp3) is 1.00. The summed E-state index contributed by atoms with van der Waals surface area (Å²) >= 11 is 0. The van der Waals surface area contributed by atoms with E-state index < -0.39 is 0 Å². The third kappa shape index (κ3) is 10.8. The van der Waals surface area contributed by atoms with Crippen LogP contribution in [0.1, 0.15) is 73.1 Å². The molecule has 0 aromatic carbocycles. The molecule has 0 radical (unpaired) electrons. The molecule has 0 fully saturated rings. The molecule has 0 rings (SSSR count). The smallest absolute Gasteiger partial charge is 0.0565 e. The predicted molar refractivity (Wildman–Crippen MR) is 76.5 cm³/mol. The van der Waals surface area contributed by atoms with Crippen LogP contribution in [0.3, 0.4) is 0 Å². The van der Waals surface area contributed by atoms with Crippen molar-refractivity contribution in [3.8, 4) is 0 Å². The van der Waals surface area contributed by atoms with Gasteiger partial charge in [-0.15, -0.1) is 0 Å². The van der Waals surface area contributed by atoms with Crippen LogP contribution in [0, 0.1) is 0 Å². The van der Waals surface area contributed by atoms with Gasteiger partial charge in [0.05, 0.1) is 12.2 Å². The molecule has 0 aliphatic rings. The summed E-state index contributed by atoms with van der Waals surface area (Å²) in [5.74, 6) is 0. The average molecular weight is 243 g/mol. The number of unbranched alkanes of at least 4 members (excludes halogenated alkanes) is 3. The van der Waals surface area contributed by atoms with E-state index in [4.69, 9.17) is 4.74 Å². The van der Waals surface area contributed by atoms with Gasteiger partial charge in [0.2, 0.25) is 0 Å². The third-order valence-electron chi connectivity index (χ3n) is 3.17. The van der Waals surface area contributed by atoms with Gasteiger partial charge in [0.1, 0.15) is 0 Å². The van der Waals surface area contributed by atoms with Gasteiger partial charge in [0.15, 0.2) is 0 Å². The Kier molecular flexibility index (Phi) is 11.0. The molecule has 0 aliphatic heterocycles. The molecule has 0 aromatic rings. The molecule has 0 bridgehead atoms. The monoisotopic (exact) mass is 243 g/mol. The lowest BCUT2D eigenvalue weighted by Gasteiger charge is -2.22. The Balaban J connectivity index is 3.54. The van der Waals surface area contributed by atoms with E-state index >= 15 is 0 Å². The molecule has 104 valence electrons. The first-order valence-corrected chi connectivity index (χ1v) is 7.48. The van der Waals surface area contributed by atoms with Crippen molar-refractivity contribution in [3.63, 3.8) is 0 Å². The fourth-order valence-electron chi connectivity index (χ4n) is 2.31. The second-order valence-electron chi connectivity index (χ2n) is 5.30. The van der Waals surface area contributed by atoms with Gasteiger partial charge in [-0.2, -0.15) is 0 Å². The van der Waals surface area contributed by atoms with Crippen molar-refractivity contribution in [1.82, 2.24) is 5.32 Å². The molecule has 0 aromatic heterocycles. The van der Waals surface area contributed by atoms with E-state index in [-0.39, 0.29) is 0 Å². The zero-order valence-electron chi connectivity index (χ0n) is 12.6.